The molecule has 3 nitrogen and oxygen atoms in total. The molecule has 1 aromatic heterocycles. The van der Waals surface area contributed by atoms with E-state index in [1.165, 1.54) is 9.88 Å². The summed E-state index contributed by atoms with van der Waals surface area (Å²) in [5, 5.41) is 13.8. The molecule has 0 aromatic carbocycles. The van der Waals surface area contributed by atoms with Crippen LogP contribution >= 0.6 is 11.3 Å². The van der Waals surface area contributed by atoms with E-state index in [-0.39, 0.29) is 11.5 Å². The molecule has 0 aliphatic carbocycles. The molecule has 1 aromatic rings. The molecule has 0 aliphatic heterocycles. The van der Waals surface area contributed by atoms with E-state index in [0.29, 0.717) is 6.54 Å². The minimum absolute atomic E-state index is 0.131. The Morgan fingerprint density at radius 1 is 1.50 bits per heavy atom. The molecule has 2 N–H and O–H groups in total. The zero-order chi connectivity index (χ0) is 12.2. The fourth-order valence-corrected chi connectivity index (χ4v) is 2.18. The molecule has 1 unspecified atom stereocenters. The number of aliphatic hydroxyl groups excluding tert-OH is 1. The Morgan fingerprint density at radius 2 is 2.19 bits per heavy atom. The molecule has 0 saturated heterocycles. The lowest BCUT2D eigenvalue weighted by atomic mass is 9.98. The fraction of sp³-hybridized carbons (Fsp3) is 0.750. The van der Waals surface area contributed by atoms with E-state index in [1.807, 2.05) is 13.1 Å². The number of aromatic nitrogens is 1. The van der Waals surface area contributed by atoms with Gasteiger partial charge in [0.2, 0.25) is 0 Å². The lowest BCUT2D eigenvalue weighted by Crippen LogP contribution is -2.25. The van der Waals surface area contributed by atoms with Crippen molar-refractivity contribution in [1.82, 2.24) is 10.3 Å². The van der Waals surface area contributed by atoms with Gasteiger partial charge in [0.25, 0.3) is 0 Å². The van der Waals surface area contributed by atoms with Crippen molar-refractivity contribution in [1.29, 1.82) is 0 Å². The summed E-state index contributed by atoms with van der Waals surface area (Å²) in [5.41, 5.74) is 0.131. The van der Waals surface area contributed by atoms with Crippen LogP contribution in [0.2, 0.25) is 0 Å². The smallest absolute Gasteiger partial charge is 0.0981 e. The van der Waals surface area contributed by atoms with Crippen LogP contribution < -0.4 is 5.32 Å². The van der Waals surface area contributed by atoms with Gasteiger partial charge in [-0.2, -0.15) is 0 Å². The SMILES string of the molecule is CCC(O)CNCc1cnc(C(C)(C)C)s1. The molecule has 92 valence electrons. The number of rotatable bonds is 5. The van der Waals surface area contributed by atoms with E-state index in [9.17, 15) is 5.11 Å². The summed E-state index contributed by atoms with van der Waals surface area (Å²) in [5.74, 6) is 0. The third-order valence-electron chi connectivity index (χ3n) is 2.35. The highest BCUT2D eigenvalue weighted by atomic mass is 32.1. The molecule has 1 atom stereocenters. The Morgan fingerprint density at radius 3 is 2.69 bits per heavy atom. The summed E-state index contributed by atoms with van der Waals surface area (Å²) in [6.45, 7) is 9.94. The van der Waals surface area contributed by atoms with Gasteiger partial charge >= 0.3 is 0 Å². The van der Waals surface area contributed by atoms with Crippen LogP contribution in [0.25, 0.3) is 0 Å². The Balaban J connectivity index is 2.41. The molecule has 0 spiro atoms. The van der Waals surface area contributed by atoms with Gasteiger partial charge in [0, 0.05) is 29.6 Å². The van der Waals surface area contributed by atoms with Gasteiger partial charge in [0.1, 0.15) is 0 Å². The lowest BCUT2D eigenvalue weighted by molar-refractivity contribution is 0.167. The number of hydrogen-bond donors (Lipinski definition) is 2. The standard InChI is InChI=1S/C12H22N2OS/c1-5-9(15)6-13-7-10-8-14-11(16-10)12(2,3)4/h8-9,13,15H,5-7H2,1-4H3. The van der Waals surface area contributed by atoms with Crippen molar-refractivity contribution in [2.24, 2.45) is 0 Å². The normalized spacial score (nSPS) is 14.1. The number of thiazole rings is 1. The quantitative estimate of drug-likeness (QED) is 0.833. The highest BCUT2D eigenvalue weighted by molar-refractivity contribution is 7.11. The summed E-state index contributed by atoms with van der Waals surface area (Å²) >= 11 is 1.74. The summed E-state index contributed by atoms with van der Waals surface area (Å²) in [7, 11) is 0. The third kappa shape index (κ3) is 4.20. The molecular weight excluding hydrogens is 220 g/mol. The summed E-state index contributed by atoms with van der Waals surface area (Å²) in [6, 6.07) is 0. The Labute approximate surface area is 102 Å². The first kappa shape index (κ1) is 13.6. The maximum Gasteiger partial charge on any atom is 0.0981 e. The fourth-order valence-electron chi connectivity index (χ4n) is 1.24. The van der Waals surface area contributed by atoms with Gasteiger partial charge in [-0.3, -0.25) is 0 Å². The molecular formula is C12H22N2OS. The van der Waals surface area contributed by atoms with Crippen molar-refractivity contribution in [2.75, 3.05) is 6.54 Å². The van der Waals surface area contributed by atoms with Crippen molar-refractivity contribution in [2.45, 2.75) is 52.2 Å². The average Bonchev–Trinajstić information content (AvgIpc) is 2.65. The molecule has 0 aliphatic rings. The second-order valence-corrected chi connectivity index (χ2v) is 6.19. The first-order valence-electron chi connectivity index (χ1n) is 5.77. The predicted molar refractivity (Wildman–Crippen MR) is 68.8 cm³/mol. The molecule has 0 fully saturated rings. The van der Waals surface area contributed by atoms with E-state index in [4.69, 9.17) is 0 Å². The zero-order valence-corrected chi connectivity index (χ0v) is 11.4. The van der Waals surface area contributed by atoms with Crippen LogP contribution in [0.5, 0.6) is 0 Å². The second-order valence-electron chi connectivity index (χ2n) is 5.07. The Kier molecular flexibility index (Phi) is 4.89. The van der Waals surface area contributed by atoms with Gasteiger partial charge in [0.05, 0.1) is 11.1 Å². The number of aliphatic hydroxyl groups is 1. The van der Waals surface area contributed by atoms with Gasteiger partial charge in [0.15, 0.2) is 0 Å². The van der Waals surface area contributed by atoms with E-state index in [1.54, 1.807) is 11.3 Å². The Hall–Kier alpha value is -0.450. The summed E-state index contributed by atoms with van der Waals surface area (Å²) < 4.78 is 0. The van der Waals surface area contributed by atoms with Crippen molar-refractivity contribution in [3.05, 3.63) is 16.1 Å². The van der Waals surface area contributed by atoms with Crippen molar-refractivity contribution in [3.8, 4) is 0 Å². The number of nitrogens with one attached hydrogen (secondary N) is 1. The van der Waals surface area contributed by atoms with Gasteiger partial charge in [-0.15, -0.1) is 11.3 Å². The van der Waals surface area contributed by atoms with E-state index >= 15 is 0 Å². The third-order valence-corrected chi connectivity index (χ3v) is 3.77. The van der Waals surface area contributed by atoms with E-state index < -0.39 is 0 Å². The average molecular weight is 242 g/mol. The maximum absolute atomic E-state index is 9.40. The maximum atomic E-state index is 9.40. The van der Waals surface area contributed by atoms with Crippen molar-refractivity contribution >= 4 is 11.3 Å². The van der Waals surface area contributed by atoms with E-state index in [0.717, 1.165) is 13.0 Å². The number of nitrogens with zero attached hydrogens (tertiary/aromatic N) is 1. The molecule has 1 rings (SSSR count). The van der Waals surface area contributed by atoms with Crippen LogP contribution in [-0.4, -0.2) is 22.7 Å². The van der Waals surface area contributed by atoms with Crippen molar-refractivity contribution < 1.29 is 5.11 Å². The minimum Gasteiger partial charge on any atom is -0.392 e. The second kappa shape index (κ2) is 5.75. The monoisotopic (exact) mass is 242 g/mol. The van der Waals surface area contributed by atoms with Gasteiger partial charge in [-0.25, -0.2) is 4.98 Å². The van der Waals surface area contributed by atoms with Gasteiger partial charge < -0.3 is 10.4 Å². The first-order valence-corrected chi connectivity index (χ1v) is 6.59. The zero-order valence-electron chi connectivity index (χ0n) is 10.6. The number of hydrogen-bond acceptors (Lipinski definition) is 4. The summed E-state index contributed by atoms with van der Waals surface area (Å²) in [4.78, 5) is 5.65. The molecule has 1 heterocycles. The van der Waals surface area contributed by atoms with Crippen LogP contribution in [0.15, 0.2) is 6.20 Å². The molecule has 0 bridgehead atoms. The molecule has 4 heteroatoms. The van der Waals surface area contributed by atoms with Gasteiger partial charge in [-0.05, 0) is 6.42 Å². The molecule has 0 amide bonds. The van der Waals surface area contributed by atoms with E-state index in [2.05, 4.69) is 31.1 Å². The highest BCUT2D eigenvalue weighted by Gasteiger charge is 2.17. The molecule has 0 radical (unpaired) electrons. The van der Waals surface area contributed by atoms with Crippen LogP contribution in [0, 0.1) is 0 Å². The van der Waals surface area contributed by atoms with Crippen LogP contribution in [0.3, 0.4) is 0 Å². The highest BCUT2D eigenvalue weighted by Crippen LogP contribution is 2.26. The van der Waals surface area contributed by atoms with Gasteiger partial charge in [-0.1, -0.05) is 27.7 Å². The lowest BCUT2D eigenvalue weighted by Gasteiger charge is -2.13. The Bertz CT molecular complexity index is 317. The molecule has 0 saturated carbocycles. The minimum atomic E-state index is -0.241. The van der Waals surface area contributed by atoms with Crippen molar-refractivity contribution in [3.63, 3.8) is 0 Å². The summed E-state index contributed by atoms with van der Waals surface area (Å²) in [6.07, 6.45) is 2.48. The molecule has 16 heavy (non-hydrogen) atoms. The van der Waals surface area contributed by atoms with Crippen LogP contribution in [0.4, 0.5) is 0 Å². The topological polar surface area (TPSA) is 45.1 Å². The van der Waals surface area contributed by atoms with Crippen LogP contribution in [0.1, 0.15) is 44.0 Å². The predicted octanol–water partition coefficient (Wildman–Crippen LogP) is 2.30. The first-order chi connectivity index (χ1) is 7.43. The largest absolute Gasteiger partial charge is 0.392 e. The van der Waals surface area contributed by atoms with Crippen LogP contribution in [-0.2, 0) is 12.0 Å².